The Balaban J connectivity index is 1.19. The van der Waals surface area contributed by atoms with Gasteiger partial charge in [0.05, 0.1) is 7.11 Å². The summed E-state index contributed by atoms with van der Waals surface area (Å²) in [7, 11) is 1.55. The van der Waals surface area contributed by atoms with E-state index in [2.05, 4.69) is 5.32 Å². The molecule has 0 bridgehead atoms. The van der Waals surface area contributed by atoms with Gasteiger partial charge in [-0.05, 0) is 72.0 Å². The van der Waals surface area contributed by atoms with Gasteiger partial charge >= 0.3 is 11.6 Å². The number of hydrogen-bond acceptors (Lipinski definition) is 7. The molecular weight excluding hydrogens is 558 g/mol. The molecule has 4 aromatic carbocycles. The lowest BCUT2D eigenvalue weighted by molar-refractivity contribution is -0.128. The molecule has 1 amide bonds. The molecule has 44 heavy (non-hydrogen) atoms. The van der Waals surface area contributed by atoms with E-state index in [0.29, 0.717) is 42.0 Å². The van der Waals surface area contributed by atoms with Crippen LogP contribution in [0.25, 0.3) is 17.0 Å². The van der Waals surface area contributed by atoms with Gasteiger partial charge in [-0.15, -0.1) is 0 Å². The minimum absolute atomic E-state index is 0.0970. The fourth-order valence-corrected chi connectivity index (χ4v) is 4.52. The minimum Gasteiger partial charge on any atom is -0.493 e. The van der Waals surface area contributed by atoms with Crippen molar-refractivity contribution >= 4 is 28.9 Å². The number of methoxy groups -OCH3 is 1. The Kier molecular flexibility index (Phi) is 9.51. The van der Waals surface area contributed by atoms with Crippen molar-refractivity contribution in [2.24, 2.45) is 0 Å². The zero-order valence-corrected chi connectivity index (χ0v) is 24.4. The lowest BCUT2D eigenvalue weighted by Crippen LogP contribution is -2.29. The molecule has 0 aliphatic heterocycles. The molecule has 1 aromatic heterocycles. The molecule has 0 aliphatic rings. The van der Waals surface area contributed by atoms with E-state index in [0.717, 1.165) is 16.7 Å². The van der Waals surface area contributed by atoms with Crippen molar-refractivity contribution in [2.75, 3.05) is 13.7 Å². The third-order valence-corrected chi connectivity index (χ3v) is 6.96. The lowest BCUT2D eigenvalue weighted by atomic mass is 10.1. The molecule has 0 radical (unpaired) electrons. The zero-order chi connectivity index (χ0) is 30.9. The van der Waals surface area contributed by atoms with E-state index >= 15 is 0 Å². The molecule has 0 unspecified atom stereocenters. The first-order chi connectivity index (χ1) is 21.4. The molecule has 0 atom stereocenters. The van der Waals surface area contributed by atoms with Crippen LogP contribution in [0.15, 0.2) is 112 Å². The molecular formula is C36H31NO7. The summed E-state index contributed by atoms with van der Waals surface area (Å²) in [5.41, 5.74) is 3.32. The van der Waals surface area contributed by atoms with Crippen LogP contribution < -0.4 is 25.2 Å². The molecule has 0 saturated heterocycles. The molecule has 0 saturated carbocycles. The van der Waals surface area contributed by atoms with Gasteiger partial charge in [0.1, 0.15) is 23.5 Å². The van der Waals surface area contributed by atoms with E-state index in [4.69, 9.17) is 18.6 Å². The summed E-state index contributed by atoms with van der Waals surface area (Å²) >= 11 is 0. The molecule has 0 fully saturated rings. The van der Waals surface area contributed by atoms with Crippen LogP contribution in [-0.4, -0.2) is 25.5 Å². The Labute approximate surface area is 254 Å². The fourth-order valence-electron chi connectivity index (χ4n) is 4.52. The predicted octanol–water partition coefficient (Wildman–Crippen LogP) is 6.28. The second kappa shape index (κ2) is 14.0. The van der Waals surface area contributed by atoms with Crippen LogP contribution in [0.3, 0.4) is 0 Å². The molecule has 5 aromatic rings. The van der Waals surface area contributed by atoms with Gasteiger partial charge in [-0.3, -0.25) is 4.79 Å². The van der Waals surface area contributed by atoms with E-state index in [1.165, 1.54) is 18.2 Å². The van der Waals surface area contributed by atoms with Crippen molar-refractivity contribution in [3.05, 3.63) is 141 Å². The number of hydrogen-bond donors (Lipinski definition) is 1. The topological polar surface area (TPSA) is 104 Å². The standard InChI is InChI=1S/C36H31NO7/c1-24-8-6-7-11-28(24)23-42-31-16-12-26(20-33(31)41-2)13-17-34(38)43-29-15-14-27-21-30(36(40)44-32(27)22-29)35(39)37-19-18-25-9-4-3-5-10-25/h3-17,20-22H,18-19,23H2,1-2H3,(H,37,39)/b17-13+. The third-order valence-electron chi connectivity index (χ3n) is 6.96. The van der Waals surface area contributed by atoms with Gasteiger partial charge in [0.25, 0.3) is 5.91 Å². The second-order valence-corrected chi connectivity index (χ2v) is 10.0. The normalized spacial score (nSPS) is 11.0. The summed E-state index contributed by atoms with van der Waals surface area (Å²) < 4.78 is 22.2. The third kappa shape index (κ3) is 7.60. The van der Waals surface area contributed by atoms with Crippen molar-refractivity contribution in [3.63, 3.8) is 0 Å². The highest BCUT2D eigenvalue weighted by molar-refractivity contribution is 5.97. The van der Waals surface area contributed by atoms with Gasteiger partial charge in [0.15, 0.2) is 11.5 Å². The SMILES string of the molecule is COc1cc(/C=C/C(=O)Oc2ccc3cc(C(=O)NCCc4ccccc4)c(=O)oc3c2)ccc1OCc1ccccc1C. The number of nitrogens with one attached hydrogen (secondary N) is 1. The van der Waals surface area contributed by atoms with Crippen LogP contribution in [0.2, 0.25) is 0 Å². The Morgan fingerprint density at radius 1 is 0.886 bits per heavy atom. The number of carbonyl (C=O) groups excluding carboxylic acids is 2. The van der Waals surface area contributed by atoms with E-state index in [1.54, 1.807) is 43.5 Å². The molecule has 0 spiro atoms. The lowest BCUT2D eigenvalue weighted by Gasteiger charge is -2.12. The second-order valence-electron chi connectivity index (χ2n) is 10.0. The number of fused-ring (bicyclic) bond motifs is 1. The molecule has 1 N–H and O–H groups in total. The highest BCUT2D eigenvalue weighted by Crippen LogP contribution is 2.30. The van der Waals surface area contributed by atoms with E-state index in [-0.39, 0.29) is 16.9 Å². The Hall–Kier alpha value is -5.63. The Morgan fingerprint density at radius 3 is 2.48 bits per heavy atom. The smallest absolute Gasteiger partial charge is 0.349 e. The van der Waals surface area contributed by atoms with Crippen LogP contribution in [0.4, 0.5) is 0 Å². The zero-order valence-electron chi connectivity index (χ0n) is 24.4. The highest BCUT2D eigenvalue weighted by atomic mass is 16.5. The van der Waals surface area contributed by atoms with Gasteiger partial charge < -0.3 is 23.9 Å². The average molecular weight is 590 g/mol. The number of carbonyl (C=O) groups is 2. The van der Waals surface area contributed by atoms with E-state index < -0.39 is 17.5 Å². The molecule has 0 aliphatic carbocycles. The number of aryl methyl sites for hydroxylation is 1. The monoisotopic (exact) mass is 589 g/mol. The summed E-state index contributed by atoms with van der Waals surface area (Å²) in [6, 6.07) is 29.1. The van der Waals surface area contributed by atoms with Crippen LogP contribution in [0, 0.1) is 6.92 Å². The number of benzene rings is 4. The minimum atomic E-state index is -0.779. The summed E-state index contributed by atoms with van der Waals surface area (Å²) in [4.78, 5) is 37.7. The summed E-state index contributed by atoms with van der Waals surface area (Å²) in [6.07, 6.45) is 3.52. The number of amides is 1. The quantitative estimate of drug-likeness (QED) is 0.0837. The molecule has 8 nitrogen and oxygen atoms in total. The first kappa shape index (κ1) is 29.8. The first-order valence-electron chi connectivity index (χ1n) is 14.0. The van der Waals surface area contributed by atoms with E-state index in [1.807, 2.05) is 61.5 Å². The fraction of sp³-hybridized carbons (Fsp3) is 0.139. The van der Waals surface area contributed by atoms with Crippen molar-refractivity contribution in [2.45, 2.75) is 20.0 Å². The van der Waals surface area contributed by atoms with E-state index in [9.17, 15) is 14.4 Å². The summed E-state index contributed by atoms with van der Waals surface area (Å²) in [5.74, 6) is 0.163. The summed E-state index contributed by atoms with van der Waals surface area (Å²) in [5, 5.41) is 3.27. The van der Waals surface area contributed by atoms with Crippen LogP contribution >= 0.6 is 0 Å². The van der Waals surface area contributed by atoms with Gasteiger partial charge in [-0.1, -0.05) is 60.7 Å². The van der Waals surface area contributed by atoms with Crippen molar-refractivity contribution in [3.8, 4) is 17.2 Å². The summed E-state index contributed by atoms with van der Waals surface area (Å²) in [6.45, 7) is 2.81. The highest BCUT2D eigenvalue weighted by Gasteiger charge is 2.14. The maximum Gasteiger partial charge on any atom is 0.349 e. The van der Waals surface area contributed by atoms with Gasteiger partial charge in [0.2, 0.25) is 0 Å². The van der Waals surface area contributed by atoms with Crippen LogP contribution in [0.1, 0.15) is 32.6 Å². The van der Waals surface area contributed by atoms with Gasteiger partial charge in [-0.2, -0.15) is 0 Å². The molecule has 222 valence electrons. The molecule has 8 heteroatoms. The maximum absolute atomic E-state index is 12.6. The average Bonchev–Trinajstić information content (AvgIpc) is 3.03. The molecule has 5 rings (SSSR count). The Morgan fingerprint density at radius 2 is 1.68 bits per heavy atom. The van der Waals surface area contributed by atoms with Crippen molar-refractivity contribution in [1.82, 2.24) is 5.32 Å². The van der Waals surface area contributed by atoms with Gasteiger partial charge in [-0.25, -0.2) is 9.59 Å². The number of esters is 1. The van der Waals surface area contributed by atoms with Crippen molar-refractivity contribution < 1.29 is 28.2 Å². The van der Waals surface area contributed by atoms with Gasteiger partial charge in [0, 0.05) is 24.1 Å². The number of rotatable bonds is 11. The van der Waals surface area contributed by atoms with Crippen LogP contribution in [-0.2, 0) is 17.8 Å². The number of ether oxygens (including phenoxy) is 3. The predicted molar refractivity (Wildman–Crippen MR) is 168 cm³/mol. The maximum atomic E-state index is 12.6. The first-order valence-corrected chi connectivity index (χ1v) is 14.0. The largest absolute Gasteiger partial charge is 0.493 e. The van der Waals surface area contributed by atoms with Crippen molar-refractivity contribution in [1.29, 1.82) is 0 Å². The van der Waals surface area contributed by atoms with Crippen LogP contribution in [0.5, 0.6) is 17.2 Å². The molecule has 1 heterocycles. The Bertz CT molecular complexity index is 1880.